The highest BCUT2D eigenvalue weighted by molar-refractivity contribution is 4.99. The molecule has 4 unspecified atom stereocenters. The third-order valence-corrected chi connectivity index (χ3v) is 4.20. The summed E-state index contributed by atoms with van der Waals surface area (Å²) in [6, 6.07) is 0.723. The number of hydrogen-bond acceptors (Lipinski definition) is 2. The molecule has 1 saturated carbocycles. The number of fused-ring (bicyclic) bond motifs is 2. The summed E-state index contributed by atoms with van der Waals surface area (Å²) in [6.45, 7) is 10.7. The zero-order valence-electron chi connectivity index (χ0n) is 9.88. The van der Waals surface area contributed by atoms with Gasteiger partial charge in [0.05, 0.1) is 0 Å². The maximum Gasteiger partial charge on any atom is 0.0249 e. The SMILES string of the molecule is CC(C)C1C2CNNC(C2)C1C(C)C. The Morgan fingerprint density at radius 2 is 1.64 bits per heavy atom. The van der Waals surface area contributed by atoms with Gasteiger partial charge in [0, 0.05) is 12.6 Å². The molecule has 0 aromatic carbocycles. The molecule has 0 radical (unpaired) electrons. The van der Waals surface area contributed by atoms with E-state index in [4.69, 9.17) is 0 Å². The Hall–Kier alpha value is -0.0800. The molecule has 2 heteroatoms. The van der Waals surface area contributed by atoms with E-state index in [1.165, 1.54) is 13.0 Å². The van der Waals surface area contributed by atoms with Gasteiger partial charge in [0.2, 0.25) is 0 Å². The van der Waals surface area contributed by atoms with Gasteiger partial charge in [-0.15, -0.1) is 0 Å². The first-order chi connectivity index (χ1) is 6.61. The Morgan fingerprint density at radius 3 is 2.21 bits per heavy atom. The molecule has 2 rings (SSSR count). The quantitative estimate of drug-likeness (QED) is 0.706. The summed E-state index contributed by atoms with van der Waals surface area (Å²) in [5, 5.41) is 0. The second-order valence-corrected chi connectivity index (χ2v) is 5.77. The van der Waals surface area contributed by atoms with E-state index in [2.05, 4.69) is 38.5 Å². The van der Waals surface area contributed by atoms with Gasteiger partial charge in [-0.05, 0) is 36.0 Å². The van der Waals surface area contributed by atoms with Gasteiger partial charge in [-0.2, -0.15) is 0 Å². The molecule has 2 fully saturated rings. The second kappa shape index (κ2) is 3.82. The lowest BCUT2D eigenvalue weighted by Gasteiger charge is -2.30. The summed E-state index contributed by atoms with van der Waals surface area (Å²) in [6.07, 6.45) is 1.39. The first kappa shape index (κ1) is 10.4. The van der Waals surface area contributed by atoms with Gasteiger partial charge >= 0.3 is 0 Å². The molecule has 2 aliphatic rings. The predicted molar refractivity (Wildman–Crippen MR) is 59.7 cm³/mol. The fraction of sp³-hybridized carbons (Fsp3) is 1.00. The molecule has 4 atom stereocenters. The summed E-state index contributed by atoms with van der Waals surface area (Å²) in [5.41, 5.74) is 6.84. The molecule has 2 bridgehead atoms. The van der Waals surface area contributed by atoms with E-state index in [1.807, 2.05) is 0 Å². The van der Waals surface area contributed by atoms with Gasteiger partial charge in [-0.3, -0.25) is 10.9 Å². The molecule has 1 saturated heterocycles. The van der Waals surface area contributed by atoms with Crippen molar-refractivity contribution in [1.29, 1.82) is 0 Å². The van der Waals surface area contributed by atoms with Crippen LogP contribution in [0.1, 0.15) is 34.1 Å². The molecule has 1 aliphatic heterocycles. The van der Waals surface area contributed by atoms with Crippen LogP contribution in [0, 0.1) is 29.6 Å². The van der Waals surface area contributed by atoms with Crippen molar-refractivity contribution in [3.05, 3.63) is 0 Å². The van der Waals surface area contributed by atoms with Crippen molar-refractivity contribution in [2.75, 3.05) is 6.54 Å². The van der Waals surface area contributed by atoms with Gasteiger partial charge in [0.15, 0.2) is 0 Å². The fourth-order valence-corrected chi connectivity index (χ4v) is 3.82. The molecule has 0 aromatic rings. The normalized spacial score (nSPS) is 42.4. The Balaban J connectivity index is 2.18. The van der Waals surface area contributed by atoms with E-state index in [0.717, 1.165) is 35.6 Å². The van der Waals surface area contributed by atoms with Gasteiger partial charge < -0.3 is 0 Å². The Kier molecular flexibility index (Phi) is 2.85. The van der Waals surface area contributed by atoms with Crippen LogP contribution in [0.25, 0.3) is 0 Å². The number of hydrogen-bond donors (Lipinski definition) is 2. The lowest BCUT2D eigenvalue weighted by atomic mass is 9.75. The molecule has 0 aromatic heterocycles. The molecule has 82 valence electrons. The third kappa shape index (κ3) is 1.59. The molecule has 0 amide bonds. The van der Waals surface area contributed by atoms with Gasteiger partial charge in [-0.25, -0.2) is 0 Å². The van der Waals surface area contributed by atoms with Crippen molar-refractivity contribution >= 4 is 0 Å². The average molecular weight is 196 g/mol. The van der Waals surface area contributed by atoms with Crippen molar-refractivity contribution < 1.29 is 0 Å². The average Bonchev–Trinajstić information content (AvgIpc) is 2.37. The highest BCUT2D eigenvalue weighted by Crippen LogP contribution is 2.46. The molecule has 2 N–H and O–H groups in total. The van der Waals surface area contributed by atoms with E-state index < -0.39 is 0 Å². The van der Waals surface area contributed by atoms with Gasteiger partial charge in [0.1, 0.15) is 0 Å². The second-order valence-electron chi connectivity index (χ2n) is 5.77. The third-order valence-electron chi connectivity index (χ3n) is 4.20. The Bertz CT molecular complexity index is 180. The molecule has 0 spiro atoms. The van der Waals surface area contributed by atoms with Crippen LogP contribution in [0.2, 0.25) is 0 Å². The molecular weight excluding hydrogens is 172 g/mol. The van der Waals surface area contributed by atoms with Crippen LogP contribution in [0.4, 0.5) is 0 Å². The van der Waals surface area contributed by atoms with Crippen molar-refractivity contribution in [2.45, 2.75) is 40.2 Å². The first-order valence-electron chi connectivity index (χ1n) is 6.09. The minimum absolute atomic E-state index is 0.723. The molecule has 14 heavy (non-hydrogen) atoms. The lowest BCUT2D eigenvalue weighted by Crippen LogP contribution is -2.47. The van der Waals surface area contributed by atoms with E-state index in [1.54, 1.807) is 0 Å². The van der Waals surface area contributed by atoms with E-state index in [9.17, 15) is 0 Å². The predicted octanol–water partition coefficient (Wildman–Crippen LogP) is 2.03. The van der Waals surface area contributed by atoms with Crippen molar-refractivity contribution in [1.82, 2.24) is 10.9 Å². The summed E-state index contributed by atoms with van der Waals surface area (Å²) in [7, 11) is 0. The zero-order valence-corrected chi connectivity index (χ0v) is 9.88. The fourth-order valence-electron chi connectivity index (χ4n) is 3.82. The summed E-state index contributed by atoms with van der Waals surface area (Å²) >= 11 is 0. The number of nitrogens with one attached hydrogen (secondary N) is 2. The van der Waals surface area contributed by atoms with Crippen LogP contribution in [0.5, 0.6) is 0 Å². The van der Waals surface area contributed by atoms with Crippen LogP contribution in [-0.2, 0) is 0 Å². The zero-order chi connectivity index (χ0) is 10.3. The smallest absolute Gasteiger partial charge is 0.0249 e. The van der Waals surface area contributed by atoms with Crippen LogP contribution in [-0.4, -0.2) is 12.6 Å². The van der Waals surface area contributed by atoms with E-state index in [-0.39, 0.29) is 0 Å². The highest BCUT2D eigenvalue weighted by Gasteiger charge is 2.47. The standard InChI is InChI=1S/C12H24N2/c1-7(2)11-9-5-10(14-13-6-9)12(11)8(3)4/h7-14H,5-6H2,1-4H3. The number of hydrazine groups is 1. The Labute approximate surface area is 87.8 Å². The van der Waals surface area contributed by atoms with Crippen LogP contribution < -0.4 is 10.9 Å². The molecule has 1 aliphatic carbocycles. The van der Waals surface area contributed by atoms with Gasteiger partial charge in [0.25, 0.3) is 0 Å². The lowest BCUT2D eigenvalue weighted by molar-refractivity contribution is 0.191. The Morgan fingerprint density at radius 1 is 1.00 bits per heavy atom. The summed E-state index contributed by atoms with van der Waals surface area (Å²) in [5.74, 6) is 4.34. The topological polar surface area (TPSA) is 24.1 Å². The monoisotopic (exact) mass is 196 g/mol. The maximum absolute atomic E-state index is 3.48. The van der Waals surface area contributed by atoms with E-state index >= 15 is 0 Å². The minimum atomic E-state index is 0.723. The van der Waals surface area contributed by atoms with E-state index in [0.29, 0.717) is 0 Å². The molecule has 1 heterocycles. The van der Waals surface area contributed by atoms with Crippen LogP contribution in [0.3, 0.4) is 0 Å². The molecule has 2 nitrogen and oxygen atoms in total. The largest absolute Gasteiger partial charge is 0.257 e. The summed E-state index contributed by atoms with van der Waals surface area (Å²) in [4.78, 5) is 0. The summed E-state index contributed by atoms with van der Waals surface area (Å²) < 4.78 is 0. The highest BCUT2D eigenvalue weighted by atomic mass is 15.4. The molecular formula is C12H24N2. The maximum atomic E-state index is 3.48. The van der Waals surface area contributed by atoms with Crippen molar-refractivity contribution in [3.8, 4) is 0 Å². The van der Waals surface area contributed by atoms with Crippen molar-refractivity contribution in [2.24, 2.45) is 29.6 Å². The first-order valence-corrected chi connectivity index (χ1v) is 6.09. The van der Waals surface area contributed by atoms with Crippen LogP contribution in [0.15, 0.2) is 0 Å². The minimum Gasteiger partial charge on any atom is -0.257 e. The van der Waals surface area contributed by atoms with Gasteiger partial charge in [-0.1, -0.05) is 27.7 Å². The van der Waals surface area contributed by atoms with Crippen LogP contribution >= 0.6 is 0 Å². The number of rotatable bonds is 2. The van der Waals surface area contributed by atoms with Crippen molar-refractivity contribution in [3.63, 3.8) is 0 Å².